The molecule has 0 rings (SSSR count). The lowest BCUT2D eigenvalue weighted by Gasteiger charge is -2.34. The van der Waals surface area contributed by atoms with E-state index in [1.807, 2.05) is 13.8 Å². The van der Waals surface area contributed by atoms with Gasteiger partial charge in [-0.05, 0) is 19.3 Å². The summed E-state index contributed by atoms with van der Waals surface area (Å²) in [5, 5.41) is 8.65. The number of ether oxygens (including phenoxy) is 1. The second kappa shape index (κ2) is 9.14. The monoisotopic (exact) mass is 322 g/mol. The van der Waals surface area contributed by atoms with Gasteiger partial charge in [0.2, 0.25) is 0 Å². The zero-order chi connectivity index (χ0) is 16.5. The number of rotatable bonds is 11. The van der Waals surface area contributed by atoms with E-state index in [2.05, 4.69) is 0 Å². The SMILES string of the molecule is CCC(CC)(CC[Si](OC)(OC)OC)OC(=O)CC(=O)O. The van der Waals surface area contributed by atoms with E-state index < -0.39 is 32.8 Å². The maximum absolute atomic E-state index is 11.6. The predicted octanol–water partition coefficient (Wildman–Crippen LogP) is 1.83. The smallest absolute Gasteiger partial charge is 0.481 e. The van der Waals surface area contributed by atoms with Gasteiger partial charge >= 0.3 is 20.7 Å². The lowest BCUT2D eigenvalue weighted by molar-refractivity contribution is -0.165. The molecular weight excluding hydrogens is 296 g/mol. The number of esters is 1. The first-order chi connectivity index (χ1) is 9.82. The molecule has 7 nitrogen and oxygen atoms in total. The van der Waals surface area contributed by atoms with Gasteiger partial charge in [0, 0.05) is 27.4 Å². The highest BCUT2D eigenvalue weighted by molar-refractivity contribution is 6.60. The van der Waals surface area contributed by atoms with Gasteiger partial charge in [0.05, 0.1) is 0 Å². The summed E-state index contributed by atoms with van der Waals surface area (Å²) in [4.78, 5) is 22.2. The van der Waals surface area contributed by atoms with E-state index in [1.54, 1.807) is 0 Å². The van der Waals surface area contributed by atoms with Gasteiger partial charge in [-0.2, -0.15) is 0 Å². The second-order valence-electron chi connectivity index (χ2n) is 4.73. The molecule has 0 aliphatic rings. The highest BCUT2D eigenvalue weighted by atomic mass is 28.4. The molecule has 0 aromatic carbocycles. The topological polar surface area (TPSA) is 91.3 Å². The van der Waals surface area contributed by atoms with Gasteiger partial charge in [-0.3, -0.25) is 9.59 Å². The molecule has 0 aromatic heterocycles. The van der Waals surface area contributed by atoms with Crippen LogP contribution in [0.1, 0.15) is 39.5 Å². The first kappa shape index (κ1) is 20.0. The first-order valence-electron chi connectivity index (χ1n) is 6.91. The Bertz CT molecular complexity index is 329. The van der Waals surface area contributed by atoms with Gasteiger partial charge in [0.15, 0.2) is 0 Å². The molecule has 0 radical (unpaired) electrons. The average molecular weight is 322 g/mol. The quantitative estimate of drug-likeness (QED) is 0.352. The summed E-state index contributed by atoms with van der Waals surface area (Å²) in [5.74, 6) is -1.93. The zero-order valence-electron chi connectivity index (χ0n) is 13.4. The van der Waals surface area contributed by atoms with Crippen LogP contribution in [-0.4, -0.2) is 52.8 Å². The molecule has 0 aliphatic carbocycles. The fraction of sp³-hybridized carbons (Fsp3) is 0.846. The lowest BCUT2D eigenvalue weighted by Crippen LogP contribution is -2.45. The minimum absolute atomic E-state index is 0.485. The fourth-order valence-corrected chi connectivity index (χ4v) is 4.01. The van der Waals surface area contributed by atoms with Gasteiger partial charge in [0.1, 0.15) is 12.0 Å². The van der Waals surface area contributed by atoms with Crippen LogP contribution >= 0.6 is 0 Å². The molecule has 1 N–H and O–H groups in total. The molecule has 8 heteroatoms. The maximum atomic E-state index is 11.6. The van der Waals surface area contributed by atoms with Gasteiger partial charge in [-0.15, -0.1) is 0 Å². The molecule has 124 valence electrons. The maximum Gasteiger partial charge on any atom is 0.500 e. The molecule has 0 saturated carbocycles. The Morgan fingerprint density at radius 1 is 1.05 bits per heavy atom. The van der Waals surface area contributed by atoms with Crippen LogP contribution < -0.4 is 0 Å². The van der Waals surface area contributed by atoms with Gasteiger partial charge in [0.25, 0.3) is 0 Å². The lowest BCUT2D eigenvalue weighted by atomic mass is 9.94. The summed E-state index contributed by atoms with van der Waals surface area (Å²) < 4.78 is 21.5. The molecule has 0 amide bonds. The normalized spacial score (nSPS) is 12.2. The number of carbonyl (C=O) groups excluding carboxylic acids is 1. The molecule has 0 spiro atoms. The summed E-state index contributed by atoms with van der Waals surface area (Å²) in [6.45, 7) is 3.79. The number of carboxylic acids is 1. The third kappa shape index (κ3) is 6.12. The number of aliphatic carboxylic acids is 1. The molecule has 0 heterocycles. The average Bonchev–Trinajstić information content (AvgIpc) is 2.47. The Balaban J connectivity index is 4.87. The summed E-state index contributed by atoms with van der Waals surface area (Å²) in [6.07, 6.45) is 1.02. The van der Waals surface area contributed by atoms with Crippen molar-refractivity contribution in [3.63, 3.8) is 0 Å². The Kier molecular flexibility index (Phi) is 8.72. The van der Waals surface area contributed by atoms with Crippen LogP contribution in [0.5, 0.6) is 0 Å². The Hall–Kier alpha value is -0.963. The van der Waals surface area contributed by atoms with Crippen molar-refractivity contribution in [2.75, 3.05) is 21.3 Å². The van der Waals surface area contributed by atoms with E-state index in [9.17, 15) is 9.59 Å². The van der Waals surface area contributed by atoms with Gasteiger partial charge in [-0.1, -0.05) is 13.8 Å². The molecule has 0 bridgehead atoms. The van der Waals surface area contributed by atoms with E-state index >= 15 is 0 Å². The van der Waals surface area contributed by atoms with Crippen LogP contribution in [-0.2, 0) is 27.6 Å². The van der Waals surface area contributed by atoms with Gasteiger partial charge in [-0.25, -0.2) is 0 Å². The highest BCUT2D eigenvalue weighted by Gasteiger charge is 2.42. The largest absolute Gasteiger partial charge is 0.500 e. The van der Waals surface area contributed by atoms with E-state index in [-0.39, 0.29) is 0 Å². The van der Waals surface area contributed by atoms with Crippen LogP contribution in [0.25, 0.3) is 0 Å². The number of carboxylic acid groups (broad SMARTS) is 1. The molecule has 0 aromatic rings. The van der Waals surface area contributed by atoms with E-state index in [4.69, 9.17) is 23.1 Å². The molecular formula is C13H26O7Si. The molecule has 0 saturated heterocycles. The van der Waals surface area contributed by atoms with Crippen molar-refractivity contribution in [1.29, 1.82) is 0 Å². The van der Waals surface area contributed by atoms with Crippen LogP contribution in [0.4, 0.5) is 0 Å². The minimum Gasteiger partial charge on any atom is -0.481 e. The van der Waals surface area contributed by atoms with Crippen molar-refractivity contribution in [3.8, 4) is 0 Å². The number of carbonyl (C=O) groups is 2. The van der Waals surface area contributed by atoms with Crippen LogP contribution in [0.15, 0.2) is 0 Å². The van der Waals surface area contributed by atoms with Crippen LogP contribution in [0, 0.1) is 0 Å². The standard InChI is InChI=1S/C13H26O7Si/c1-6-13(7-2,20-12(16)10-11(14)15)8-9-21(17-3,18-4)19-5/h6-10H2,1-5H3,(H,14,15). The van der Waals surface area contributed by atoms with E-state index in [1.165, 1.54) is 21.3 Å². The van der Waals surface area contributed by atoms with Crippen LogP contribution in [0.3, 0.4) is 0 Å². The third-order valence-corrected chi connectivity index (χ3v) is 6.46. The van der Waals surface area contributed by atoms with Crippen molar-refractivity contribution in [2.24, 2.45) is 0 Å². The van der Waals surface area contributed by atoms with Gasteiger partial charge < -0.3 is 23.1 Å². The first-order valence-corrected chi connectivity index (χ1v) is 8.84. The van der Waals surface area contributed by atoms with Crippen LogP contribution in [0.2, 0.25) is 6.04 Å². The fourth-order valence-electron chi connectivity index (χ4n) is 2.14. The van der Waals surface area contributed by atoms with Crippen molar-refractivity contribution in [1.82, 2.24) is 0 Å². The predicted molar refractivity (Wildman–Crippen MR) is 77.9 cm³/mol. The molecule has 0 fully saturated rings. The van der Waals surface area contributed by atoms with Crippen molar-refractivity contribution in [3.05, 3.63) is 0 Å². The summed E-state index contributed by atoms with van der Waals surface area (Å²) in [5.41, 5.74) is -0.722. The highest BCUT2D eigenvalue weighted by Crippen LogP contribution is 2.30. The summed E-state index contributed by atoms with van der Waals surface area (Å²) >= 11 is 0. The third-order valence-electron chi connectivity index (χ3n) is 3.73. The number of hydrogen-bond donors (Lipinski definition) is 1. The Morgan fingerprint density at radius 3 is 1.86 bits per heavy atom. The van der Waals surface area contributed by atoms with E-state index in [0.717, 1.165) is 0 Å². The Labute approximate surface area is 126 Å². The second-order valence-corrected chi connectivity index (χ2v) is 7.82. The molecule has 21 heavy (non-hydrogen) atoms. The van der Waals surface area contributed by atoms with E-state index in [0.29, 0.717) is 25.3 Å². The number of hydrogen-bond acceptors (Lipinski definition) is 6. The Morgan fingerprint density at radius 2 is 1.52 bits per heavy atom. The molecule has 0 unspecified atom stereocenters. The molecule has 0 aliphatic heterocycles. The molecule has 0 atom stereocenters. The van der Waals surface area contributed by atoms with Crippen molar-refractivity contribution < 1.29 is 32.7 Å². The summed E-state index contributed by atoms with van der Waals surface area (Å²) in [6, 6.07) is 0.485. The summed E-state index contributed by atoms with van der Waals surface area (Å²) in [7, 11) is 1.82. The minimum atomic E-state index is -2.75. The van der Waals surface area contributed by atoms with Crippen molar-refractivity contribution >= 4 is 20.7 Å². The van der Waals surface area contributed by atoms with Crippen molar-refractivity contribution in [2.45, 2.75) is 51.2 Å². The zero-order valence-corrected chi connectivity index (χ0v) is 14.4.